The monoisotopic (exact) mass is 142 g/mol. The molecular formula is C6H10N2O2. The second-order valence-corrected chi connectivity index (χ2v) is 2.18. The van der Waals surface area contributed by atoms with Crippen molar-refractivity contribution in [1.82, 2.24) is 0 Å². The van der Waals surface area contributed by atoms with E-state index in [4.69, 9.17) is 10.6 Å². The Labute approximate surface area is 59.1 Å². The van der Waals surface area contributed by atoms with E-state index < -0.39 is 12.0 Å². The van der Waals surface area contributed by atoms with Gasteiger partial charge in [-0.05, 0) is 6.92 Å². The van der Waals surface area contributed by atoms with Gasteiger partial charge in [0.1, 0.15) is 0 Å². The van der Waals surface area contributed by atoms with Gasteiger partial charge < -0.3 is 10.6 Å². The van der Waals surface area contributed by atoms with E-state index in [9.17, 15) is 4.79 Å². The van der Waals surface area contributed by atoms with Crippen LogP contribution in [0.1, 0.15) is 13.8 Å². The van der Waals surface area contributed by atoms with E-state index in [1.54, 1.807) is 6.92 Å². The summed E-state index contributed by atoms with van der Waals surface area (Å²) in [6.45, 7) is 3.07. The molecule has 0 radical (unpaired) electrons. The summed E-state index contributed by atoms with van der Waals surface area (Å²) in [5.74, 6) is -0.881. The van der Waals surface area contributed by atoms with Crippen LogP contribution in [0, 0.1) is 5.92 Å². The summed E-state index contributed by atoms with van der Waals surface area (Å²) in [5.41, 5.74) is 7.93. The highest BCUT2D eigenvalue weighted by atomic mass is 16.3. The lowest BCUT2D eigenvalue weighted by Gasteiger charge is -2.06. The molecule has 0 aromatic carbocycles. The molecule has 0 saturated heterocycles. The average Bonchev–Trinajstić information content (AvgIpc) is 1.87. The minimum absolute atomic E-state index is 0.377. The number of aliphatic hydroxyl groups is 1. The third kappa shape index (κ3) is 2.53. The molecule has 0 bridgehead atoms. The van der Waals surface area contributed by atoms with Crippen molar-refractivity contribution >= 4 is 12.0 Å². The Kier molecular flexibility index (Phi) is 3.54. The van der Waals surface area contributed by atoms with Gasteiger partial charge >= 0.3 is 6.21 Å². The van der Waals surface area contributed by atoms with Crippen molar-refractivity contribution in [2.24, 2.45) is 5.92 Å². The van der Waals surface area contributed by atoms with E-state index in [1.165, 1.54) is 6.92 Å². The van der Waals surface area contributed by atoms with Gasteiger partial charge in [0.15, 0.2) is 0 Å². The van der Waals surface area contributed by atoms with Gasteiger partial charge in [0.25, 0.3) is 0 Å². The minimum atomic E-state index is -0.703. The maximum absolute atomic E-state index is 10.7. The predicted octanol–water partition coefficient (Wildman–Crippen LogP) is -0.127. The van der Waals surface area contributed by atoms with Crippen LogP contribution in [0.15, 0.2) is 0 Å². The molecule has 4 heteroatoms. The molecule has 1 unspecified atom stereocenters. The molecule has 0 spiro atoms. The molecular weight excluding hydrogens is 132 g/mol. The van der Waals surface area contributed by atoms with Crippen molar-refractivity contribution in [2.75, 3.05) is 0 Å². The van der Waals surface area contributed by atoms with Gasteiger partial charge in [-0.3, -0.25) is 4.79 Å². The molecule has 2 atom stereocenters. The van der Waals surface area contributed by atoms with Crippen LogP contribution in [0.4, 0.5) is 0 Å². The zero-order valence-corrected chi connectivity index (χ0v) is 5.98. The molecule has 0 aromatic rings. The Morgan fingerprint density at radius 1 is 1.70 bits per heavy atom. The standard InChI is InChI=1S/C6H10N2O2/c1-4(5(2)9)6(10)3-8-7/h3-5,9H,1-2H3/t4?,5-/m1/s1. The fraction of sp³-hybridized carbons (Fsp3) is 0.667. The summed E-state index contributed by atoms with van der Waals surface area (Å²) >= 11 is 0. The second kappa shape index (κ2) is 3.93. The summed E-state index contributed by atoms with van der Waals surface area (Å²) in [6.07, 6.45) is 0.0858. The first kappa shape index (κ1) is 9.01. The number of aliphatic hydroxyl groups excluding tert-OH is 1. The fourth-order valence-electron chi connectivity index (χ4n) is 0.412. The topological polar surface area (TPSA) is 73.7 Å². The van der Waals surface area contributed by atoms with Gasteiger partial charge in [0.05, 0.1) is 12.0 Å². The van der Waals surface area contributed by atoms with E-state index >= 15 is 0 Å². The van der Waals surface area contributed by atoms with Crippen LogP contribution in [0.5, 0.6) is 0 Å². The summed E-state index contributed by atoms with van der Waals surface area (Å²) in [6, 6.07) is 0. The fourth-order valence-corrected chi connectivity index (χ4v) is 0.412. The molecule has 0 aliphatic heterocycles. The number of ketones is 1. The van der Waals surface area contributed by atoms with Gasteiger partial charge in [-0.15, -0.1) is 0 Å². The Morgan fingerprint density at radius 2 is 2.20 bits per heavy atom. The Balaban J connectivity index is 4.07. The molecule has 4 nitrogen and oxygen atoms in total. The lowest BCUT2D eigenvalue weighted by atomic mass is 10.0. The minimum Gasteiger partial charge on any atom is -0.393 e. The van der Waals surface area contributed by atoms with Crippen molar-refractivity contribution in [1.29, 1.82) is 0 Å². The first-order chi connectivity index (χ1) is 4.59. The zero-order chi connectivity index (χ0) is 8.15. The van der Waals surface area contributed by atoms with Crippen molar-refractivity contribution in [3.05, 3.63) is 5.53 Å². The van der Waals surface area contributed by atoms with Gasteiger partial charge in [-0.25, -0.2) is 0 Å². The van der Waals surface area contributed by atoms with E-state index in [2.05, 4.69) is 4.79 Å². The summed E-state index contributed by atoms with van der Waals surface area (Å²) < 4.78 is 0. The summed E-state index contributed by atoms with van der Waals surface area (Å²) in [5, 5.41) is 8.85. The molecule has 0 aliphatic rings. The third-order valence-corrected chi connectivity index (χ3v) is 1.36. The lowest BCUT2D eigenvalue weighted by Crippen LogP contribution is -2.23. The SMILES string of the molecule is CC(C(=O)C=[N+]=[N-])[C@@H](C)O. The Hall–Kier alpha value is -0.990. The molecule has 0 aliphatic carbocycles. The van der Waals surface area contributed by atoms with Gasteiger partial charge in [0.2, 0.25) is 5.78 Å². The quantitative estimate of drug-likeness (QED) is 0.338. The number of rotatable bonds is 3. The predicted molar refractivity (Wildman–Crippen MR) is 35.5 cm³/mol. The van der Waals surface area contributed by atoms with Gasteiger partial charge in [-0.1, -0.05) is 6.92 Å². The number of Topliss-reactive ketones (excluding diaryl/α,β-unsaturated/α-hetero) is 1. The number of hydrogen-bond acceptors (Lipinski definition) is 2. The van der Waals surface area contributed by atoms with Crippen LogP contribution >= 0.6 is 0 Å². The van der Waals surface area contributed by atoms with Crippen molar-refractivity contribution < 1.29 is 14.7 Å². The highest BCUT2D eigenvalue weighted by Gasteiger charge is 2.18. The number of carbonyl (C=O) groups is 1. The third-order valence-electron chi connectivity index (χ3n) is 1.36. The Bertz CT molecular complexity index is 171. The van der Waals surface area contributed by atoms with Crippen LogP contribution < -0.4 is 0 Å². The Morgan fingerprint density at radius 3 is 2.50 bits per heavy atom. The highest BCUT2D eigenvalue weighted by molar-refractivity contribution is 6.26. The van der Waals surface area contributed by atoms with E-state index in [0.717, 1.165) is 6.21 Å². The van der Waals surface area contributed by atoms with E-state index in [0.29, 0.717) is 0 Å². The van der Waals surface area contributed by atoms with E-state index in [-0.39, 0.29) is 5.78 Å². The molecule has 0 amide bonds. The van der Waals surface area contributed by atoms with Crippen LogP contribution in [0.2, 0.25) is 0 Å². The number of nitrogens with zero attached hydrogens (tertiary/aromatic N) is 2. The zero-order valence-electron chi connectivity index (χ0n) is 5.98. The van der Waals surface area contributed by atoms with Crippen molar-refractivity contribution in [3.63, 3.8) is 0 Å². The van der Waals surface area contributed by atoms with Crippen LogP contribution in [-0.2, 0) is 4.79 Å². The van der Waals surface area contributed by atoms with Crippen LogP contribution in [0.3, 0.4) is 0 Å². The maximum atomic E-state index is 10.7. The molecule has 0 aromatic heterocycles. The molecule has 0 rings (SSSR count). The number of hydrogen-bond donors (Lipinski definition) is 1. The second-order valence-electron chi connectivity index (χ2n) is 2.18. The van der Waals surface area contributed by atoms with Gasteiger partial charge in [0, 0.05) is 0 Å². The highest BCUT2D eigenvalue weighted by Crippen LogP contribution is 2.00. The largest absolute Gasteiger partial charge is 0.393 e. The molecule has 0 fully saturated rings. The summed E-state index contributed by atoms with van der Waals surface area (Å²) in [4.78, 5) is 13.3. The van der Waals surface area contributed by atoms with Crippen molar-refractivity contribution in [3.8, 4) is 0 Å². The van der Waals surface area contributed by atoms with E-state index in [1.807, 2.05) is 0 Å². The van der Waals surface area contributed by atoms with Crippen LogP contribution in [0.25, 0.3) is 5.53 Å². The maximum Gasteiger partial charge on any atom is 0.323 e. The molecule has 1 N–H and O–H groups in total. The molecule has 10 heavy (non-hydrogen) atoms. The first-order valence-corrected chi connectivity index (χ1v) is 2.99. The molecule has 0 heterocycles. The lowest BCUT2D eigenvalue weighted by molar-refractivity contribution is -0.121. The summed E-state index contributed by atoms with van der Waals surface area (Å²) in [7, 11) is 0. The van der Waals surface area contributed by atoms with Gasteiger partial charge in [-0.2, -0.15) is 4.79 Å². The normalized spacial score (nSPS) is 15.1. The smallest absolute Gasteiger partial charge is 0.323 e. The van der Waals surface area contributed by atoms with Crippen LogP contribution in [-0.4, -0.2) is 28.0 Å². The first-order valence-electron chi connectivity index (χ1n) is 2.99. The molecule has 0 saturated carbocycles. The van der Waals surface area contributed by atoms with Crippen molar-refractivity contribution in [2.45, 2.75) is 20.0 Å². The number of carbonyl (C=O) groups excluding carboxylic acids is 1. The molecule has 56 valence electrons. The average molecular weight is 142 g/mol.